The number of hydrogen-bond donors (Lipinski definition) is 3. The molecule has 186 valence electrons. The van der Waals surface area contributed by atoms with Crippen LogP contribution in [-0.4, -0.2) is 65.5 Å². The number of benzene rings is 1. The molecule has 2 aromatic heterocycles. The van der Waals surface area contributed by atoms with Gasteiger partial charge in [-0.1, -0.05) is 18.2 Å². The molecular formula is C22H23ClFN5O6. The number of carbonyl (C=O) groups is 1. The minimum absolute atomic E-state index is 0.106. The number of oxazole rings is 1. The van der Waals surface area contributed by atoms with Gasteiger partial charge in [0, 0.05) is 12.7 Å². The summed E-state index contributed by atoms with van der Waals surface area (Å²) in [6.07, 6.45) is 1.47. The van der Waals surface area contributed by atoms with Crippen LogP contribution in [0.2, 0.25) is 5.02 Å². The van der Waals surface area contributed by atoms with Crippen LogP contribution in [0.15, 0.2) is 29.3 Å². The van der Waals surface area contributed by atoms with Crippen molar-refractivity contribution in [2.45, 2.75) is 24.6 Å². The van der Waals surface area contributed by atoms with E-state index in [-0.39, 0.29) is 63.1 Å². The second-order valence-electron chi connectivity index (χ2n) is 7.59. The predicted octanol–water partition coefficient (Wildman–Crippen LogP) is 2.38. The number of nitrogens with zero attached hydrogens (tertiary/aromatic N) is 3. The molecule has 3 N–H and O–H groups in total. The van der Waals surface area contributed by atoms with Gasteiger partial charge in [-0.3, -0.25) is 4.79 Å². The molecule has 1 amide bonds. The van der Waals surface area contributed by atoms with Crippen LogP contribution in [0.25, 0.3) is 11.2 Å². The normalized spacial score (nSPS) is 18.7. The van der Waals surface area contributed by atoms with Gasteiger partial charge in [-0.2, -0.15) is 9.97 Å². The molecule has 3 aromatic rings. The number of aromatic nitrogens is 3. The summed E-state index contributed by atoms with van der Waals surface area (Å²) < 4.78 is 36.2. The summed E-state index contributed by atoms with van der Waals surface area (Å²) in [7, 11) is 2.62. The van der Waals surface area contributed by atoms with Gasteiger partial charge in [0.05, 0.1) is 49.7 Å². The van der Waals surface area contributed by atoms with Crippen LogP contribution in [0.1, 0.15) is 24.0 Å². The Bertz CT molecular complexity index is 1230. The fraction of sp³-hybridized carbons (Fsp3) is 0.364. The molecule has 0 radical (unpaired) electrons. The lowest BCUT2D eigenvalue weighted by Crippen LogP contribution is -2.52. The first-order chi connectivity index (χ1) is 16.9. The standard InChI is InChI=1S/C22H23ClFN5O6/c1-4-15(30)26-10-5-6-34-9-11(10)27-22-25-8-14-20(29-22)28-21(35-14)19(31)16-17(23)12(32-2)7-13(33-3)18(16)24/h4,7-8,10-11,19,31H,1,5-6,9H2,2-3H3,(H,26,30)(H,25,27,29). The third-order valence-electron chi connectivity index (χ3n) is 5.47. The van der Waals surface area contributed by atoms with E-state index in [2.05, 4.69) is 32.2 Å². The zero-order valence-electron chi connectivity index (χ0n) is 18.9. The van der Waals surface area contributed by atoms with Gasteiger partial charge in [-0.25, -0.2) is 9.37 Å². The van der Waals surface area contributed by atoms with E-state index in [0.29, 0.717) is 19.6 Å². The molecule has 13 heteroatoms. The molecule has 0 spiro atoms. The number of fused-ring (bicyclic) bond motifs is 1. The highest BCUT2D eigenvalue weighted by atomic mass is 35.5. The van der Waals surface area contributed by atoms with Crippen LogP contribution in [0.4, 0.5) is 10.3 Å². The topological polar surface area (TPSA) is 141 Å². The lowest BCUT2D eigenvalue weighted by Gasteiger charge is -2.32. The summed E-state index contributed by atoms with van der Waals surface area (Å²) in [6, 6.07) is 0.735. The highest BCUT2D eigenvalue weighted by Gasteiger charge is 2.30. The van der Waals surface area contributed by atoms with Gasteiger partial charge in [0.1, 0.15) is 5.75 Å². The molecule has 0 aliphatic carbocycles. The number of aliphatic hydroxyl groups is 1. The number of aliphatic hydroxyl groups excluding tert-OH is 1. The van der Waals surface area contributed by atoms with Crippen molar-refractivity contribution in [3.8, 4) is 11.5 Å². The van der Waals surface area contributed by atoms with Crippen molar-refractivity contribution in [2.75, 3.05) is 32.8 Å². The van der Waals surface area contributed by atoms with Crippen molar-refractivity contribution >= 4 is 34.7 Å². The van der Waals surface area contributed by atoms with E-state index in [1.54, 1.807) is 0 Å². The van der Waals surface area contributed by atoms with Crippen LogP contribution in [0.5, 0.6) is 11.5 Å². The van der Waals surface area contributed by atoms with Crippen LogP contribution in [0.3, 0.4) is 0 Å². The van der Waals surface area contributed by atoms with E-state index in [0.717, 1.165) is 0 Å². The van der Waals surface area contributed by atoms with Gasteiger partial charge >= 0.3 is 0 Å². The van der Waals surface area contributed by atoms with Crippen LogP contribution in [-0.2, 0) is 9.53 Å². The summed E-state index contributed by atoms with van der Waals surface area (Å²) in [5.41, 5.74) is -0.0420. The lowest BCUT2D eigenvalue weighted by atomic mass is 10.0. The maximum Gasteiger partial charge on any atom is 0.243 e. The van der Waals surface area contributed by atoms with E-state index in [4.69, 9.17) is 30.2 Å². The van der Waals surface area contributed by atoms with Gasteiger partial charge in [0.25, 0.3) is 0 Å². The average molecular weight is 508 g/mol. The number of nitrogens with one attached hydrogen (secondary N) is 2. The number of carbonyl (C=O) groups excluding carboxylic acids is 1. The quantitative estimate of drug-likeness (QED) is 0.389. The molecule has 1 aromatic carbocycles. The Labute approximate surface area is 204 Å². The SMILES string of the molecule is C=CC(=O)NC1CCOCC1Nc1ncc2oc(C(O)c3c(F)c(OC)cc(OC)c3Cl)nc2n1. The van der Waals surface area contributed by atoms with Crippen molar-refractivity contribution in [1.29, 1.82) is 0 Å². The van der Waals surface area contributed by atoms with Crippen LogP contribution < -0.4 is 20.1 Å². The number of methoxy groups -OCH3 is 2. The fourth-order valence-electron chi connectivity index (χ4n) is 3.67. The van der Waals surface area contributed by atoms with Crippen molar-refractivity contribution in [2.24, 2.45) is 0 Å². The van der Waals surface area contributed by atoms with Gasteiger partial charge < -0.3 is 34.4 Å². The number of amides is 1. The number of rotatable bonds is 8. The molecular weight excluding hydrogens is 485 g/mol. The van der Waals surface area contributed by atoms with Crippen molar-refractivity contribution in [1.82, 2.24) is 20.3 Å². The molecule has 35 heavy (non-hydrogen) atoms. The number of halogens is 2. The Morgan fingerprint density at radius 1 is 1.34 bits per heavy atom. The molecule has 0 saturated carbocycles. The highest BCUT2D eigenvalue weighted by Crippen LogP contribution is 2.41. The van der Waals surface area contributed by atoms with Crippen molar-refractivity contribution < 1.29 is 32.9 Å². The summed E-state index contributed by atoms with van der Waals surface area (Å²) in [5, 5.41) is 16.7. The maximum absolute atomic E-state index is 14.9. The maximum atomic E-state index is 14.9. The molecule has 0 bridgehead atoms. The average Bonchev–Trinajstić information content (AvgIpc) is 3.29. The van der Waals surface area contributed by atoms with Gasteiger partial charge in [0.2, 0.25) is 23.4 Å². The summed E-state index contributed by atoms with van der Waals surface area (Å²) in [4.78, 5) is 24.4. The first-order valence-electron chi connectivity index (χ1n) is 10.5. The number of ether oxygens (including phenoxy) is 3. The number of hydrogen-bond acceptors (Lipinski definition) is 10. The van der Waals surface area contributed by atoms with Crippen LogP contribution >= 0.6 is 11.6 Å². The summed E-state index contributed by atoms with van der Waals surface area (Å²) in [6.45, 7) is 4.28. The van der Waals surface area contributed by atoms with Crippen molar-refractivity contribution in [3.05, 3.63) is 47.2 Å². The van der Waals surface area contributed by atoms with E-state index in [9.17, 15) is 14.3 Å². The minimum atomic E-state index is -1.68. The third kappa shape index (κ3) is 4.99. The Kier molecular flexibility index (Phi) is 7.34. The first-order valence-corrected chi connectivity index (χ1v) is 10.9. The molecule has 3 heterocycles. The molecule has 1 fully saturated rings. The monoisotopic (exact) mass is 507 g/mol. The predicted molar refractivity (Wildman–Crippen MR) is 123 cm³/mol. The first kappa shape index (κ1) is 24.6. The highest BCUT2D eigenvalue weighted by molar-refractivity contribution is 6.33. The largest absolute Gasteiger partial charge is 0.495 e. The smallest absolute Gasteiger partial charge is 0.243 e. The van der Waals surface area contributed by atoms with E-state index in [1.807, 2.05) is 0 Å². The van der Waals surface area contributed by atoms with E-state index in [1.165, 1.54) is 32.6 Å². The Morgan fingerprint density at radius 3 is 2.83 bits per heavy atom. The molecule has 3 atom stereocenters. The van der Waals surface area contributed by atoms with Gasteiger partial charge in [-0.05, 0) is 12.5 Å². The van der Waals surface area contributed by atoms with E-state index >= 15 is 0 Å². The Morgan fingerprint density at radius 2 is 2.11 bits per heavy atom. The fourth-order valence-corrected chi connectivity index (χ4v) is 3.99. The summed E-state index contributed by atoms with van der Waals surface area (Å²) >= 11 is 6.24. The molecule has 4 rings (SSSR count). The zero-order chi connectivity index (χ0) is 25.1. The molecule has 11 nitrogen and oxygen atoms in total. The molecule has 1 aliphatic heterocycles. The molecule has 1 saturated heterocycles. The third-order valence-corrected chi connectivity index (χ3v) is 5.86. The number of anilines is 1. The Hall–Kier alpha value is -3.48. The van der Waals surface area contributed by atoms with Crippen LogP contribution in [0, 0.1) is 5.82 Å². The summed E-state index contributed by atoms with van der Waals surface area (Å²) in [5.74, 6) is -1.29. The van der Waals surface area contributed by atoms with Crippen molar-refractivity contribution in [3.63, 3.8) is 0 Å². The second-order valence-corrected chi connectivity index (χ2v) is 7.97. The Balaban J connectivity index is 1.61. The minimum Gasteiger partial charge on any atom is -0.495 e. The molecule has 3 unspecified atom stereocenters. The molecule has 1 aliphatic rings. The van der Waals surface area contributed by atoms with Gasteiger partial charge in [-0.15, -0.1) is 0 Å². The lowest BCUT2D eigenvalue weighted by molar-refractivity contribution is -0.117. The van der Waals surface area contributed by atoms with Gasteiger partial charge in [0.15, 0.2) is 23.3 Å². The van der Waals surface area contributed by atoms with E-state index < -0.39 is 11.9 Å². The zero-order valence-corrected chi connectivity index (χ0v) is 19.6. The second kappa shape index (κ2) is 10.4.